The number of hydrogen-bond acceptors (Lipinski definition) is 5. The predicted octanol–water partition coefficient (Wildman–Crippen LogP) is 2.98. The lowest BCUT2D eigenvalue weighted by atomic mass is 10.1. The van der Waals surface area contributed by atoms with Crippen molar-refractivity contribution in [1.82, 2.24) is 29.3 Å². The molecular weight excluding hydrogens is 362 g/mol. The van der Waals surface area contributed by atoms with Gasteiger partial charge in [0.05, 0.1) is 11.9 Å². The Bertz CT molecular complexity index is 1130. The SMILES string of the molecule is CCc1nnc2cc(N3CCN(Cc4cn(CC)c5ccccc45)CC3)cnn12. The zero-order chi connectivity index (χ0) is 19.8. The van der Waals surface area contributed by atoms with Gasteiger partial charge in [0.2, 0.25) is 0 Å². The van der Waals surface area contributed by atoms with E-state index in [0.29, 0.717) is 0 Å². The van der Waals surface area contributed by atoms with Gasteiger partial charge in [0.25, 0.3) is 0 Å². The Morgan fingerprint density at radius 1 is 1.00 bits per heavy atom. The maximum atomic E-state index is 4.55. The summed E-state index contributed by atoms with van der Waals surface area (Å²) < 4.78 is 4.19. The van der Waals surface area contributed by atoms with Crippen LogP contribution in [0.25, 0.3) is 16.6 Å². The molecule has 29 heavy (non-hydrogen) atoms. The monoisotopic (exact) mass is 389 g/mol. The van der Waals surface area contributed by atoms with Crippen LogP contribution in [0.3, 0.4) is 0 Å². The lowest BCUT2D eigenvalue weighted by Gasteiger charge is -2.35. The van der Waals surface area contributed by atoms with E-state index in [1.54, 1.807) is 0 Å². The number of aryl methyl sites for hydroxylation is 2. The molecule has 0 bridgehead atoms. The quantitative estimate of drug-likeness (QED) is 0.525. The zero-order valence-corrected chi connectivity index (χ0v) is 17.1. The molecule has 4 aromatic rings. The minimum absolute atomic E-state index is 0.828. The lowest BCUT2D eigenvalue weighted by Crippen LogP contribution is -2.46. The second-order valence-electron chi connectivity index (χ2n) is 7.67. The fraction of sp³-hybridized carbons (Fsp3) is 0.409. The molecule has 0 spiro atoms. The van der Waals surface area contributed by atoms with Crippen LogP contribution in [-0.4, -0.2) is 55.5 Å². The summed E-state index contributed by atoms with van der Waals surface area (Å²) in [5.41, 5.74) is 4.72. The number of para-hydroxylation sites is 1. The van der Waals surface area contributed by atoms with Crippen LogP contribution in [0.4, 0.5) is 5.69 Å². The van der Waals surface area contributed by atoms with E-state index in [2.05, 4.69) is 80.0 Å². The molecule has 0 N–H and O–H groups in total. The van der Waals surface area contributed by atoms with E-state index in [1.165, 1.54) is 16.5 Å². The molecule has 0 aliphatic carbocycles. The first kappa shape index (κ1) is 18.1. The van der Waals surface area contributed by atoms with Crippen LogP contribution in [0.2, 0.25) is 0 Å². The number of fused-ring (bicyclic) bond motifs is 2. The second-order valence-corrected chi connectivity index (χ2v) is 7.67. The summed E-state index contributed by atoms with van der Waals surface area (Å²) in [4.78, 5) is 4.95. The van der Waals surface area contributed by atoms with Gasteiger partial charge in [0.1, 0.15) is 0 Å². The second kappa shape index (κ2) is 7.48. The molecule has 0 atom stereocenters. The Balaban J connectivity index is 1.28. The molecule has 0 amide bonds. The summed E-state index contributed by atoms with van der Waals surface area (Å²) in [7, 11) is 0. The Hall–Kier alpha value is -2.93. The van der Waals surface area contributed by atoms with E-state index in [4.69, 9.17) is 0 Å². The molecule has 1 fully saturated rings. The van der Waals surface area contributed by atoms with Gasteiger partial charge in [-0.05, 0) is 18.6 Å². The number of hydrogen-bond donors (Lipinski definition) is 0. The number of nitrogens with zero attached hydrogens (tertiary/aromatic N) is 7. The van der Waals surface area contributed by atoms with E-state index in [0.717, 1.165) is 62.8 Å². The van der Waals surface area contributed by atoms with Gasteiger partial charge in [-0.1, -0.05) is 25.1 Å². The first-order valence-electron chi connectivity index (χ1n) is 10.5. The average Bonchev–Trinajstić information content (AvgIpc) is 3.35. The summed E-state index contributed by atoms with van der Waals surface area (Å²) in [6.07, 6.45) is 5.10. The van der Waals surface area contributed by atoms with Crippen LogP contribution in [0.15, 0.2) is 42.7 Å². The van der Waals surface area contributed by atoms with Crippen molar-refractivity contribution in [2.24, 2.45) is 0 Å². The first-order valence-corrected chi connectivity index (χ1v) is 10.5. The van der Waals surface area contributed by atoms with Crippen molar-refractivity contribution < 1.29 is 0 Å². The average molecular weight is 390 g/mol. The molecule has 7 heteroatoms. The van der Waals surface area contributed by atoms with Crippen molar-refractivity contribution >= 4 is 22.2 Å². The van der Waals surface area contributed by atoms with Crippen LogP contribution in [-0.2, 0) is 19.5 Å². The maximum Gasteiger partial charge on any atom is 0.179 e. The van der Waals surface area contributed by atoms with Crippen LogP contribution in [0.5, 0.6) is 0 Å². The molecule has 5 rings (SSSR count). The third-order valence-electron chi connectivity index (χ3n) is 5.97. The highest BCUT2D eigenvalue weighted by atomic mass is 15.4. The van der Waals surface area contributed by atoms with Crippen molar-refractivity contribution in [3.63, 3.8) is 0 Å². The molecule has 1 aromatic carbocycles. The number of aromatic nitrogens is 5. The molecule has 150 valence electrons. The van der Waals surface area contributed by atoms with Crippen molar-refractivity contribution in [3.8, 4) is 0 Å². The Morgan fingerprint density at radius 3 is 2.62 bits per heavy atom. The highest BCUT2D eigenvalue weighted by Crippen LogP contribution is 2.24. The van der Waals surface area contributed by atoms with Crippen molar-refractivity contribution in [2.75, 3.05) is 31.1 Å². The van der Waals surface area contributed by atoms with Crippen LogP contribution in [0.1, 0.15) is 25.2 Å². The summed E-state index contributed by atoms with van der Waals surface area (Å²) in [6, 6.07) is 10.8. The van der Waals surface area contributed by atoms with Crippen molar-refractivity contribution in [3.05, 3.63) is 54.1 Å². The van der Waals surface area contributed by atoms with Crippen LogP contribution >= 0.6 is 0 Å². The maximum absolute atomic E-state index is 4.55. The number of benzene rings is 1. The molecule has 1 saturated heterocycles. The molecule has 1 aliphatic heterocycles. The predicted molar refractivity (Wildman–Crippen MR) is 115 cm³/mol. The summed E-state index contributed by atoms with van der Waals surface area (Å²) in [5, 5.41) is 14.4. The number of anilines is 1. The standard InChI is InChI=1S/C22H27N7/c1-3-21-24-25-22-13-18(14-23-29(21)22)28-11-9-26(10-12-28)15-17-16-27(4-2)20-8-6-5-7-19(17)20/h5-8,13-14,16H,3-4,9-12,15H2,1-2H3. The molecule has 0 saturated carbocycles. The lowest BCUT2D eigenvalue weighted by molar-refractivity contribution is 0.250. The van der Waals surface area contributed by atoms with Gasteiger partial charge in [-0.2, -0.15) is 9.61 Å². The third kappa shape index (κ3) is 3.25. The Kier molecular flexibility index (Phi) is 4.67. The van der Waals surface area contributed by atoms with E-state index in [1.807, 2.05) is 10.7 Å². The smallest absolute Gasteiger partial charge is 0.179 e. The van der Waals surface area contributed by atoms with E-state index in [9.17, 15) is 0 Å². The minimum atomic E-state index is 0.828. The molecule has 3 aromatic heterocycles. The summed E-state index contributed by atoms with van der Waals surface area (Å²) >= 11 is 0. The molecular formula is C22H27N7. The number of rotatable bonds is 5. The van der Waals surface area contributed by atoms with Crippen molar-refractivity contribution in [2.45, 2.75) is 33.4 Å². The number of piperazine rings is 1. The van der Waals surface area contributed by atoms with Crippen LogP contribution in [0, 0.1) is 0 Å². The van der Waals surface area contributed by atoms with Gasteiger partial charge >= 0.3 is 0 Å². The molecule has 7 nitrogen and oxygen atoms in total. The van der Waals surface area contributed by atoms with Gasteiger partial charge in [0, 0.05) is 68.9 Å². The highest BCUT2D eigenvalue weighted by Gasteiger charge is 2.20. The van der Waals surface area contributed by atoms with Gasteiger partial charge in [-0.15, -0.1) is 10.2 Å². The normalized spacial score (nSPS) is 15.6. The minimum Gasteiger partial charge on any atom is -0.368 e. The summed E-state index contributed by atoms with van der Waals surface area (Å²) in [6.45, 7) is 10.4. The third-order valence-corrected chi connectivity index (χ3v) is 5.97. The van der Waals surface area contributed by atoms with Crippen LogP contribution < -0.4 is 4.90 Å². The van der Waals surface area contributed by atoms with E-state index >= 15 is 0 Å². The Morgan fingerprint density at radius 2 is 1.83 bits per heavy atom. The van der Waals surface area contributed by atoms with Gasteiger partial charge < -0.3 is 9.47 Å². The highest BCUT2D eigenvalue weighted by molar-refractivity contribution is 5.83. The summed E-state index contributed by atoms with van der Waals surface area (Å²) in [5.74, 6) is 0.905. The first-order chi connectivity index (χ1) is 14.3. The molecule has 4 heterocycles. The van der Waals surface area contributed by atoms with E-state index < -0.39 is 0 Å². The molecule has 0 unspecified atom stereocenters. The van der Waals surface area contributed by atoms with Crippen molar-refractivity contribution in [1.29, 1.82) is 0 Å². The topological polar surface area (TPSA) is 54.5 Å². The fourth-order valence-electron chi connectivity index (χ4n) is 4.34. The van der Waals surface area contributed by atoms with Gasteiger partial charge in [-0.25, -0.2) is 0 Å². The molecule has 0 radical (unpaired) electrons. The molecule has 1 aliphatic rings. The Labute approximate surface area is 170 Å². The van der Waals surface area contributed by atoms with Gasteiger partial charge in [0.15, 0.2) is 11.5 Å². The van der Waals surface area contributed by atoms with E-state index in [-0.39, 0.29) is 0 Å². The largest absolute Gasteiger partial charge is 0.368 e. The fourth-order valence-corrected chi connectivity index (χ4v) is 4.34. The zero-order valence-electron chi connectivity index (χ0n) is 17.1. The van der Waals surface area contributed by atoms with Gasteiger partial charge in [-0.3, -0.25) is 4.90 Å².